The molecule has 6 rings (SSSR count). The largest absolute Gasteiger partial charge is 0.397 e. The summed E-state index contributed by atoms with van der Waals surface area (Å²) in [4.78, 5) is 33.6. The number of aliphatic hydroxyl groups is 1. The molecule has 0 bridgehead atoms. The Labute approximate surface area is 308 Å². The first-order valence-electron chi connectivity index (χ1n) is 17.4. The normalized spacial score (nSPS) is 17.0. The number of carbonyl (C=O) groups excluding carboxylic acids is 2. The third-order valence-electron chi connectivity index (χ3n) is 8.76. The number of rotatable bonds is 15. The molecule has 2 amide bonds. The van der Waals surface area contributed by atoms with E-state index in [9.17, 15) is 14.7 Å². The Morgan fingerprint density at radius 1 is 0.788 bits per heavy atom. The fraction of sp³-hybridized carbons (Fsp3) is 0.268. The molecule has 0 aliphatic carbocycles. The topological polar surface area (TPSA) is 149 Å². The maximum absolute atomic E-state index is 12.6. The first-order valence-corrected chi connectivity index (χ1v) is 18.4. The number of unbranched alkanes of at least 4 members (excludes halogenated alkanes) is 1. The Morgan fingerprint density at radius 2 is 1.52 bits per heavy atom. The number of aliphatic hydroxyl groups excluding tert-OH is 1. The van der Waals surface area contributed by atoms with E-state index in [1.165, 1.54) is 0 Å². The average Bonchev–Trinajstić information content (AvgIpc) is 3.19. The molecule has 10 nitrogen and oxygen atoms in total. The minimum Gasteiger partial charge on any atom is -0.397 e. The van der Waals surface area contributed by atoms with Gasteiger partial charge in [0.1, 0.15) is 0 Å². The van der Waals surface area contributed by atoms with Crippen molar-refractivity contribution in [1.29, 1.82) is 0 Å². The molecule has 0 saturated carbocycles. The molecule has 1 fully saturated rings. The van der Waals surface area contributed by atoms with Crippen molar-refractivity contribution in [2.24, 2.45) is 0 Å². The number of nitrogens with zero attached hydrogens (tertiary/aromatic N) is 2. The highest BCUT2D eigenvalue weighted by Crippen LogP contribution is 2.40. The molecule has 268 valence electrons. The van der Waals surface area contributed by atoms with Crippen LogP contribution in [0.25, 0.3) is 11.1 Å². The van der Waals surface area contributed by atoms with Crippen molar-refractivity contribution in [3.63, 3.8) is 0 Å². The van der Waals surface area contributed by atoms with Crippen LogP contribution in [0, 0.1) is 0 Å². The standard InChI is InChI=1S/C41H43N5O5S/c42-35-12-1-2-13-36(35)46-39(49)15-4-3-14-38(48)45-25-29-8-5-9-31(22-29)32-10-6-11-33(23-32)40-50-34(27-52-41-43-20-7-21-44-41)24-37(51-40)30-18-16-28(26-47)17-19-30/h1-2,5-13,16-23,34,37,40,47H,3-4,14-15,24-27,42H2,(H,45,48)(H,46,49)/t34-,37+,40+/m1/s1. The molecular weight excluding hydrogens is 675 g/mol. The van der Waals surface area contributed by atoms with Crippen LogP contribution in [-0.2, 0) is 32.2 Å². The summed E-state index contributed by atoms with van der Waals surface area (Å²) < 4.78 is 13.1. The van der Waals surface area contributed by atoms with Gasteiger partial charge >= 0.3 is 0 Å². The molecule has 11 heteroatoms. The van der Waals surface area contributed by atoms with Crippen LogP contribution in [0.3, 0.4) is 0 Å². The van der Waals surface area contributed by atoms with Gasteiger partial charge in [0.2, 0.25) is 11.8 Å². The number of amides is 2. The molecule has 5 N–H and O–H groups in total. The van der Waals surface area contributed by atoms with E-state index >= 15 is 0 Å². The minimum atomic E-state index is -0.594. The Balaban J connectivity index is 1.05. The lowest BCUT2D eigenvalue weighted by Gasteiger charge is -2.36. The fourth-order valence-electron chi connectivity index (χ4n) is 5.96. The predicted molar refractivity (Wildman–Crippen MR) is 203 cm³/mol. The molecule has 5 aromatic rings. The Bertz CT molecular complexity index is 1930. The van der Waals surface area contributed by atoms with Gasteiger partial charge in [0.05, 0.1) is 30.2 Å². The van der Waals surface area contributed by atoms with Crippen molar-refractivity contribution in [1.82, 2.24) is 15.3 Å². The summed E-state index contributed by atoms with van der Waals surface area (Å²) in [6, 6.07) is 33.1. The SMILES string of the molecule is Nc1ccccc1NC(=O)CCCCC(=O)NCc1cccc(-c2cccc([C@H]3O[C@@H](CSc4ncccn4)C[C@@H](c4ccc(CO)cc4)O3)c2)c1. The highest BCUT2D eigenvalue weighted by atomic mass is 32.2. The number of aromatic nitrogens is 2. The van der Waals surface area contributed by atoms with Gasteiger partial charge in [-0.25, -0.2) is 9.97 Å². The van der Waals surface area contributed by atoms with Crippen LogP contribution in [0.15, 0.2) is 121 Å². The number of para-hydroxylation sites is 2. The smallest absolute Gasteiger partial charge is 0.224 e. The van der Waals surface area contributed by atoms with Crippen LogP contribution >= 0.6 is 11.8 Å². The number of carbonyl (C=O) groups is 2. The Hall–Kier alpha value is -5.07. The number of hydrogen-bond acceptors (Lipinski definition) is 9. The van der Waals surface area contributed by atoms with Crippen LogP contribution in [0.2, 0.25) is 0 Å². The van der Waals surface area contributed by atoms with E-state index < -0.39 is 6.29 Å². The van der Waals surface area contributed by atoms with E-state index in [0.717, 1.165) is 33.4 Å². The van der Waals surface area contributed by atoms with Gasteiger partial charge in [-0.1, -0.05) is 84.6 Å². The highest BCUT2D eigenvalue weighted by molar-refractivity contribution is 7.99. The molecular formula is C41H43N5O5S. The fourth-order valence-corrected chi connectivity index (χ4v) is 6.78. The van der Waals surface area contributed by atoms with E-state index in [0.29, 0.717) is 60.9 Å². The number of nitrogens with two attached hydrogens (primary N) is 1. The van der Waals surface area contributed by atoms with Crippen molar-refractivity contribution < 1.29 is 24.2 Å². The minimum absolute atomic E-state index is 0.0117. The van der Waals surface area contributed by atoms with Gasteiger partial charge in [-0.15, -0.1) is 0 Å². The lowest BCUT2D eigenvalue weighted by Crippen LogP contribution is -2.31. The van der Waals surface area contributed by atoms with Gasteiger partial charge < -0.3 is 30.9 Å². The van der Waals surface area contributed by atoms with Crippen LogP contribution in [0.5, 0.6) is 0 Å². The lowest BCUT2D eigenvalue weighted by molar-refractivity contribution is -0.245. The van der Waals surface area contributed by atoms with Gasteiger partial charge in [-0.3, -0.25) is 9.59 Å². The zero-order chi connectivity index (χ0) is 36.1. The summed E-state index contributed by atoms with van der Waals surface area (Å²) >= 11 is 1.56. The van der Waals surface area contributed by atoms with Crippen molar-refractivity contribution in [3.05, 3.63) is 138 Å². The summed E-state index contributed by atoms with van der Waals surface area (Å²) in [5, 5.41) is 16.1. The van der Waals surface area contributed by atoms with E-state index in [1.54, 1.807) is 42.4 Å². The van der Waals surface area contributed by atoms with Crippen molar-refractivity contribution in [2.45, 2.75) is 68.9 Å². The van der Waals surface area contributed by atoms with E-state index in [1.807, 2.05) is 66.7 Å². The van der Waals surface area contributed by atoms with Crippen LogP contribution in [0.4, 0.5) is 11.4 Å². The number of thioether (sulfide) groups is 1. The van der Waals surface area contributed by atoms with Gasteiger partial charge in [0, 0.05) is 49.5 Å². The molecule has 0 radical (unpaired) electrons. The summed E-state index contributed by atoms with van der Waals surface area (Å²) in [7, 11) is 0. The third-order valence-corrected chi connectivity index (χ3v) is 9.76. The first-order chi connectivity index (χ1) is 25.4. The summed E-state index contributed by atoms with van der Waals surface area (Å²) in [5.74, 6) is 0.492. The van der Waals surface area contributed by atoms with Crippen molar-refractivity contribution in [3.8, 4) is 11.1 Å². The van der Waals surface area contributed by atoms with Crippen LogP contribution < -0.4 is 16.4 Å². The van der Waals surface area contributed by atoms with E-state index in [4.69, 9.17) is 15.2 Å². The Morgan fingerprint density at radius 3 is 2.29 bits per heavy atom. The van der Waals surface area contributed by atoms with Crippen molar-refractivity contribution >= 4 is 35.0 Å². The molecule has 3 atom stereocenters. The van der Waals surface area contributed by atoms with Gasteiger partial charge in [0.25, 0.3) is 0 Å². The van der Waals surface area contributed by atoms with Crippen LogP contribution in [0.1, 0.15) is 66.8 Å². The molecule has 52 heavy (non-hydrogen) atoms. The predicted octanol–water partition coefficient (Wildman–Crippen LogP) is 7.37. The summed E-state index contributed by atoms with van der Waals surface area (Å²) in [6.07, 6.45) is 5.10. The summed E-state index contributed by atoms with van der Waals surface area (Å²) in [5.41, 5.74) is 12.8. The zero-order valence-corrected chi connectivity index (χ0v) is 29.6. The second kappa shape index (κ2) is 18.4. The van der Waals surface area contributed by atoms with Gasteiger partial charge in [-0.2, -0.15) is 0 Å². The van der Waals surface area contributed by atoms with Gasteiger partial charge in [0.15, 0.2) is 11.4 Å². The maximum atomic E-state index is 12.6. The second-order valence-corrected chi connectivity index (χ2v) is 13.6. The Kier molecular flexibility index (Phi) is 13.0. The number of hydrogen-bond donors (Lipinski definition) is 4. The molecule has 1 aromatic heterocycles. The average molecular weight is 718 g/mol. The van der Waals surface area contributed by atoms with Crippen molar-refractivity contribution in [2.75, 3.05) is 16.8 Å². The second-order valence-electron chi connectivity index (χ2n) is 12.6. The number of nitrogen functional groups attached to an aromatic ring is 1. The number of benzene rings is 4. The molecule has 4 aromatic carbocycles. The number of ether oxygens (including phenoxy) is 2. The third kappa shape index (κ3) is 10.5. The number of nitrogens with one attached hydrogen (secondary N) is 2. The first kappa shape index (κ1) is 36.7. The van der Waals surface area contributed by atoms with E-state index in [2.05, 4.69) is 38.8 Å². The molecule has 1 saturated heterocycles. The zero-order valence-electron chi connectivity index (χ0n) is 28.8. The van der Waals surface area contributed by atoms with E-state index in [-0.39, 0.29) is 30.6 Å². The number of anilines is 2. The molecule has 2 heterocycles. The molecule has 0 unspecified atom stereocenters. The van der Waals surface area contributed by atoms with Gasteiger partial charge in [-0.05, 0) is 71.0 Å². The van der Waals surface area contributed by atoms with Crippen LogP contribution in [-0.4, -0.2) is 38.7 Å². The molecule has 0 spiro atoms. The summed E-state index contributed by atoms with van der Waals surface area (Å²) in [6.45, 7) is 0.387. The lowest BCUT2D eigenvalue weighted by atomic mass is 9.99. The highest BCUT2D eigenvalue weighted by Gasteiger charge is 2.32. The molecule has 1 aliphatic heterocycles. The monoisotopic (exact) mass is 717 g/mol. The molecule has 1 aliphatic rings. The maximum Gasteiger partial charge on any atom is 0.224 e. The quantitative estimate of drug-likeness (QED) is 0.0377.